The Balaban J connectivity index is 4.24. The lowest BCUT2D eigenvalue weighted by Gasteiger charge is -2.36. The number of carbonyl (C=O) groups is 1. The van der Waals surface area contributed by atoms with Gasteiger partial charge in [0.25, 0.3) is 0 Å². The summed E-state index contributed by atoms with van der Waals surface area (Å²) < 4.78 is 5.85. The van der Waals surface area contributed by atoms with Gasteiger partial charge in [0.1, 0.15) is 0 Å². The molecule has 0 aromatic heterocycles. The van der Waals surface area contributed by atoms with Gasteiger partial charge in [-0.3, -0.25) is 4.79 Å². The van der Waals surface area contributed by atoms with E-state index in [1.807, 2.05) is 13.8 Å². The molecule has 0 aromatic carbocycles. The van der Waals surface area contributed by atoms with Crippen LogP contribution in [0.5, 0.6) is 0 Å². The summed E-state index contributed by atoms with van der Waals surface area (Å²) in [5.41, 5.74) is -0.290. The molecule has 0 fully saturated rings. The molecule has 0 rings (SSSR count). The van der Waals surface area contributed by atoms with Crippen molar-refractivity contribution in [2.75, 3.05) is 0 Å². The Morgan fingerprint density at radius 1 is 0.474 bits per heavy atom. The van der Waals surface area contributed by atoms with Crippen LogP contribution in [0.15, 0.2) is 0 Å². The molecule has 2 heteroatoms. The lowest BCUT2D eigenvalue weighted by atomic mass is 9.69. The van der Waals surface area contributed by atoms with Gasteiger partial charge in [-0.05, 0) is 32.6 Å². The van der Waals surface area contributed by atoms with Gasteiger partial charge in [-0.2, -0.15) is 0 Å². The van der Waals surface area contributed by atoms with Crippen molar-refractivity contribution in [3.63, 3.8) is 0 Å². The van der Waals surface area contributed by atoms with Gasteiger partial charge in [0.15, 0.2) is 0 Å². The summed E-state index contributed by atoms with van der Waals surface area (Å²) in [6.07, 6.45) is 34.7. The van der Waals surface area contributed by atoms with Gasteiger partial charge in [0.2, 0.25) is 0 Å². The van der Waals surface area contributed by atoms with Crippen molar-refractivity contribution in [3.8, 4) is 0 Å². The van der Waals surface area contributed by atoms with Gasteiger partial charge in [-0.1, -0.05) is 182 Å². The molecule has 0 spiro atoms. The minimum atomic E-state index is -0.290. The van der Waals surface area contributed by atoms with Gasteiger partial charge in [-0.25, -0.2) is 0 Å². The van der Waals surface area contributed by atoms with Gasteiger partial charge in [0.05, 0.1) is 11.5 Å². The molecule has 0 heterocycles. The molecule has 2 nitrogen and oxygen atoms in total. The van der Waals surface area contributed by atoms with Crippen molar-refractivity contribution in [1.29, 1.82) is 0 Å². The summed E-state index contributed by atoms with van der Waals surface area (Å²) in [6, 6.07) is 0. The largest absolute Gasteiger partial charge is 0.463 e. The number of ether oxygens (including phenoxy) is 1. The van der Waals surface area contributed by atoms with E-state index in [4.69, 9.17) is 4.74 Å². The molecule has 1 unspecified atom stereocenters. The van der Waals surface area contributed by atoms with Crippen molar-refractivity contribution in [2.24, 2.45) is 11.3 Å². The zero-order valence-corrected chi connectivity index (χ0v) is 27.4. The average molecular weight is 537 g/mol. The van der Waals surface area contributed by atoms with E-state index in [-0.39, 0.29) is 17.5 Å². The number of unbranched alkanes of at least 4 members (excludes halogenated alkanes) is 22. The first kappa shape index (κ1) is 37.5. The molecule has 0 aliphatic rings. The van der Waals surface area contributed by atoms with Crippen molar-refractivity contribution < 1.29 is 9.53 Å². The Kier molecular flexibility index (Phi) is 26.3. The Morgan fingerprint density at radius 2 is 0.737 bits per heavy atom. The van der Waals surface area contributed by atoms with E-state index in [0.29, 0.717) is 5.92 Å². The molecule has 38 heavy (non-hydrogen) atoms. The maximum absolute atomic E-state index is 13.4. The fourth-order valence-corrected chi connectivity index (χ4v) is 6.04. The summed E-state index contributed by atoms with van der Waals surface area (Å²) in [4.78, 5) is 13.4. The molecule has 0 saturated heterocycles. The predicted molar refractivity (Wildman–Crippen MR) is 170 cm³/mol. The highest BCUT2D eigenvalue weighted by Gasteiger charge is 2.42. The molecule has 0 saturated carbocycles. The zero-order valence-electron chi connectivity index (χ0n) is 27.4. The van der Waals surface area contributed by atoms with Crippen LogP contribution in [0.2, 0.25) is 0 Å². The second-order valence-corrected chi connectivity index (χ2v) is 13.0. The highest BCUT2D eigenvalue weighted by molar-refractivity contribution is 5.77. The summed E-state index contributed by atoms with van der Waals surface area (Å²) in [5.74, 6) is 0.419. The summed E-state index contributed by atoms with van der Waals surface area (Å²) in [7, 11) is 0. The third kappa shape index (κ3) is 20.4. The number of rotatable bonds is 29. The average Bonchev–Trinajstić information content (AvgIpc) is 2.88. The summed E-state index contributed by atoms with van der Waals surface area (Å²) >= 11 is 0. The number of hydrogen-bond acceptors (Lipinski definition) is 2. The van der Waals surface area contributed by atoms with Gasteiger partial charge in [0, 0.05) is 0 Å². The molecule has 0 N–H and O–H groups in total. The SMILES string of the molecule is CCCCCCCCCCCCCCCCC(CCCCCCCCCCCC)(C(=O)OC(C)C)C(C)C. The summed E-state index contributed by atoms with van der Waals surface area (Å²) in [6.45, 7) is 13.1. The van der Waals surface area contributed by atoms with E-state index >= 15 is 0 Å². The fraction of sp³-hybridized carbons (Fsp3) is 0.972. The second kappa shape index (κ2) is 26.7. The molecule has 228 valence electrons. The van der Waals surface area contributed by atoms with Crippen molar-refractivity contribution in [2.45, 2.75) is 215 Å². The molecule has 0 aromatic rings. The van der Waals surface area contributed by atoms with E-state index in [1.54, 1.807) is 0 Å². The van der Waals surface area contributed by atoms with Crippen LogP contribution >= 0.6 is 0 Å². The minimum absolute atomic E-state index is 0.0235. The predicted octanol–water partition coefficient (Wildman–Crippen LogP) is 12.8. The third-order valence-electron chi connectivity index (χ3n) is 8.81. The Morgan fingerprint density at radius 3 is 0.974 bits per heavy atom. The van der Waals surface area contributed by atoms with Crippen LogP contribution in [-0.4, -0.2) is 12.1 Å². The molecule has 0 aliphatic heterocycles. The molecule has 0 bridgehead atoms. The highest BCUT2D eigenvalue weighted by atomic mass is 16.5. The first-order valence-corrected chi connectivity index (χ1v) is 17.6. The maximum atomic E-state index is 13.4. The van der Waals surface area contributed by atoms with Crippen molar-refractivity contribution in [3.05, 3.63) is 0 Å². The molecular formula is C36H72O2. The van der Waals surface area contributed by atoms with Gasteiger partial charge < -0.3 is 4.74 Å². The van der Waals surface area contributed by atoms with E-state index in [9.17, 15) is 4.79 Å². The Hall–Kier alpha value is -0.530. The van der Waals surface area contributed by atoms with E-state index in [2.05, 4.69) is 27.7 Å². The van der Waals surface area contributed by atoms with Crippen LogP contribution in [0.4, 0.5) is 0 Å². The molecular weight excluding hydrogens is 464 g/mol. The highest BCUT2D eigenvalue weighted by Crippen LogP contribution is 2.41. The standard InChI is InChI=1S/C36H72O2/c1-7-9-11-13-15-17-19-20-21-22-24-26-28-30-32-36(33(3)4,35(37)38-34(5)6)31-29-27-25-23-18-16-14-12-10-8-2/h33-34H,7-32H2,1-6H3. The van der Waals surface area contributed by atoms with E-state index < -0.39 is 0 Å². The van der Waals surface area contributed by atoms with Crippen LogP contribution in [0.25, 0.3) is 0 Å². The molecule has 0 radical (unpaired) electrons. The fourth-order valence-electron chi connectivity index (χ4n) is 6.04. The van der Waals surface area contributed by atoms with E-state index in [1.165, 1.54) is 154 Å². The third-order valence-corrected chi connectivity index (χ3v) is 8.81. The summed E-state index contributed by atoms with van der Waals surface area (Å²) in [5, 5.41) is 0. The Labute approximate surface area is 241 Å². The zero-order chi connectivity index (χ0) is 28.3. The first-order valence-electron chi connectivity index (χ1n) is 17.6. The molecule has 1 atom stereocenters. The number of esters is 1. The monoisotopic (exact) mass is 537 g/mol. The maximum Gasteiger partial charge on any atom is 0.312 e. The van der Waals surface area contributed by atoms with Crippen molar-refractivity contribution >= 4 is 5.97 Å². The van der Waals surface area contributed by atoms with E-state index in [0.717, 1.165) is 12.8 Å². The second-order valence-electron chi connectivity index (χ2n) is 13.0. The normalized spacial score (nSPS) is 13.4. The lowest BCUT2D eigenvalue weighted by molar-refractivity contribution is -0.164. The molecule has 0 aliphatic carbocycles. The van der Waals surface area contributed by atoms with Crippen LogP contribution in [-0.2, 0) is 9.53 Å². The van der Waals surface area contributed by atoms with Crippen LogP contribution < -0.4 is 0 Å². The van der Waals surface area contributed by atoms with Crippen LogP contribution in [0, 0.1) is 11.3 Å². The minimum Gasteiger partial charge on any atom is -0.463 e. The first-order chi connectivity index (χ1) is 18.4. The van der Waals surface area contributed by atoms with Gasteiger partial charge in [-0.15, -0.1) is 0 Å². The Bertz CT molecular complexity index is 498. The van der Waals surface area contributed by atoms with Crippen LogP contribution in [0.1, 0.15) is 208 Å². The topological polar surface area (TPSA) is 26.3 Å². The smallest absolute Gasteiger partial charge is 0.312 e. The van der Waals surface area contributed by atoms with Crippen LogP contribution in [0.3, 0.4) is 0 Å². The lowest BCUT2D eigenvalue weighted by Crippen LogP contribution is -2.39. The van der Waals surface area contributed by atoms with Gasteiger partial charge >= 0.3 is 5.97 Å². The quantitative estimate of drug-likeness (QED) is 0.0701. The van der Waals surface area contributed by atoms with Crippen molar-refractivity contribution in [1.82, 2.24) is 0 Å². The number of hydrogen-bond donors (Lipinski definition) is 0. The molecule has 0 amide bonds. The number of carbonyl (C=O) groups excluding carboxylic acids is 1.